The summed E-state index contributed by atoms with van der Waals surface area (Å²) < 4.78 is 18.4. The van der Waals surface area contributed by atoms with Crippen molar-refractivity contribution in [1.82, 2.24) is 5.32 Å². The van der Waals surface area contributed by atoms with E-state index < -0.39 is 0 Å². The lowest BCUT2D eigenvalue weighted by Crippen LogP contribution is -2.26. The highest BCUT2D eigenvalue weighted by atomic mass is 35.5. The quantitative estimate of drug-likeness (QED) is 0.841. The van der Waals surface area contributed by atoms with Gasteiger partial charge in [-0.1, -0.05) is 17.7 Å². The highest BCUT2D eigenvalue weighted by molar-refractivity contribution is 6.31. The molecule has 1 aromatic rings. The lowest BCUT2D eigenvalue weighted by molar-refractivity contribution is 0.117. The molecule has 0 aliphatic heterocycles. The molecule has 0 radical (unpaired) electrons. The molecule has 1 atom stereocenters. The van der Waals surface area contributed by atoms with Crippen LogP contribution in [0.15, 0.2) is 18.2 Å². The summed E-state index contributed by atoms with van der Waals surface area (Å²) in [6.07, 6.45) is 0.107. The smallest absolute Gasteiger partial charge is 0.129 e. The third-order valence-electron chi connectivity index (χ3n) is 2.20. The van der Waals surface area contributed by atoms with Gasteiger partial charge in [0, 0.05) is 30.8 Å². The third-order valence-corrected chi connectivity index (χ3v) is 2.55. The molecule has 1 unspecified atom stereocenters. The van der Waals surface area contributed by atoms with Gasteiger partial charge in [0.15, 0.2) is 0 Å². The van der Waals surface area contributed by atoms with Crippen LogP contribution in [-0.2, 0) is 11.3 Å². The molecule has 2 nitrogen and oxygen atoms in total. The average molecular weight is 232 g/mol. The minimum absolute atomic E-state index is 0.107. The molecule has 1 N–H and O–H groups in total. The normalized spacial score (nSPS) is 12.8. The van der Waals surface area contributed by atoms with Crippen molar-refractivity contribution in [2.24, 2.45) is 0 Å². The third kappa shape index (κ3) is 3.78. The van der Waals surface area contributed by atoms with Crippen LogP contribution in [-0.4, -0.2) is 19.8 Å². The molecule has 15 heavy (non-hydrogen) atoms. The molecule has 1 rings (SSSR count). The number of hydrogen-bond donors (Lipinski definition) is 1. The first-order chi connectivity index (χ1) is 7.15. The highest BCUT2D eigenvalue weighted by Crippen LogP contribution is 2.18. The first kappa shape index (κ1) is 12.4. The fourth-order valence-corrected chi connectivity index (χ4v) is 1.41. The number of hydrogen-bond acceptors (Lipinski definition) is 2. The van der Waals surface area contributed by atoms with Crippen LogP contribution < -0.4 is 5.32 Å². The van der Waals surface area contributed by atoms with Crippen molar-refractivity contribution in [2.45, 2.75) is 19.6 Å². The molecule has 0 heterocycles. The van der Waals surface area contributed by atoms with Crippen LogP contribution in [0.25, 0.3) is 0 Å². The topological polar surface area (TPSA) is 21.3 Å². The van der Waals surface area contributed by atoms with Crippen LogP contribution in [0, 0.1) is 5.82 Å². The second-order valence-corrected chi connectivity index (χ2v) is 3.78. The molecule has 0 aromatic heterocycles. The molecule has 84 valence electrons. The van der Waals surface area contributed by atoms with E-state index in [9.17, 15) is 4.39 Å². The minimum Gasteiger partial charge on any atom is -0.380 e. The van der Waals surface area contributed by atoms with E-state index in [1.807, 2.05) is 6.92 Å². The molecule has 1 aromatic carbocycles. The van der Waals surface area contributed by atoms with Gasteiger partial charge in [-0.25, -0.2) is 4.39 Å². The Balaban J connectivity index is 2.50. The summed E-state index contributed by atoms with van der Waals surface area (Å²) in [4.78, 5) is 0. The molecule has 0 fully saturated rings. The van der Waals surface area contributed by atoms with Gasteiger partial charge in [0.25, 0.3) is 0 Å². The van der Waals surface area contributed by atoms with Crippen molar-refractivity contribution in [1.29, 1.82) is 0 Å². The number of ether oxygens (including phenoxy) is 1. The van der Waals surface area contributed by atoms with E-state index in [0.29, 0.717) is 23.7 Å². The Hall–Kier alpha value is -0.640. The van der Waals surface area contributed by atoms with Gasteiger partial charge in [-0.15, -0.1) is 0 Å². The number of benzene rings is 1. The van der Waals surface area contributed by atoms with Crippen LogP contribution in [0.3, 0.4) is 0 Å². The van der Waals surface area contributed by atoms with Gasteiger partial charge in [-0.05, 0) is 19.1 Å². The predicted molar refractivity (Wildman–Crippen MR) is 59.6 cm³/mol. The predicted octanol–water partition coefficient (Wildman–Crippen LogP) is 2.60. The fraction of sp³-hybridized carbons (Fsp3) is 0.455. The summed E-state index contributed by atoms with van der Waals surface area (Å²) in [5.41, 5.74) is 0.502. The Morgan fingerprint density at radius 2 is 2.27 bits per heavy atom. The number of methoxy groups -OCH3 is 1. The van der Waals surface area contributed by atoms with Gasteiger partial charge in [-0.3, -0.25) is 0 Å². The van der Waals surface area contributed by atoms with Crippen LogP contribution in [0.1, 0.15) is 12.5 Å². The van der Waals surface area contributed by atoms with Gasteiger partial charge in [0.2, 0.25) is 0 Å². The zero-order valence-corrected chi connectivity index (χ0v) is 9.64. The van der Waals surface area contributed by atoms with Crippen molar-refractivity contribution >= 4 is 11.6 Å². The van der Waals surface area contributed by atoms with Crippen molar-refractivity contribution in [2.75, 3.05) is 13.7 Å². The van der Waals surface area contributed by atoms with E-state index in [4.69, 9.17) is 16.3 Å². The Labute approximate surface area is 94.4 Å². The van der Waals surface area contributed by atoms with Crippen molar-refractivity contribution in [3.8, 4) is 0 Å². The first-order valence-electron chi connectivity index (χ1n) is 4.81. The second-order valence-electron chi connectivity index (χ2n) is 3.38. The largest absolute Gasteiger partial charge is 0.380 e. The maximum absolute atomic E-state index is 13.3. The van der Waals surface area contributed by atoms with Crippen molar-refractivity contribution < 1.29 is 9.13 Å². The minimum atomic E-state index is -0.278. The molecule has 0 amide bonds. The molecular formula is C11H15ClFNO. The molecule has 0 saturated heterocycles. The van der Waals surface area contributed by atoms with Gasteiger partial charge >= 0.3 is 0 Å². The second kappa shape index (κ2) is 6.05. The molecule has 0 bridgehead atoms. The molecule has 0 spiro atoms. The summed E-state index contributed by atoms with van der Waals surface area (Å²) in [5.74, 6) is -0.278. The maximum atomic E-state index is 13.3. The molecular weight excluding hydrogens is 217 g/mol. The molecule has 4 heteroatoms. The van der Waals surface area contributed by atoms with Gasteiger partial charge in [0.05, 0.1) is 6.10 Å². The maximum Gasteiger partial charge on any atom is 0.129 e. The molecule has 0 aliphatic carbocycles. The van der Waals surface area contributed by atoms with E-state index >= 15 is 0 Å². The van der Waals surface area contributed by atoms with E-state index in [-0.39, 0.29) is 11.9 Å². The van der Waals surface area contributed by atoms with Crippen LogP contribution >= 0.6 is 11.6 Å². The summed E-state index contributed by atoms with van der Waals surface area (Å²) >= 11 is 5.87. The Morgan fingerprint density at radius 1 is 1.53 bits per heavy atom. The first-order valence-corrected chi connectivity index (χ1v) is 5.19. The summed E-state index contributed by atoms with van der Waals surface area (Å²) in [6, 6.07) is 4.68. The van der Waals surface area contributed by atoms with Gasteiger partial charge in [-0.2, -0.15) is 0 Å². The number of halogens is 2. The van der Waals surface area contributed by atoms with Crippen LogP contribution in [0.2, 0.25) is 5.02 Å². The fourth-order valence-electron chi connectivity index (χ4n) is 1.18. The lowest BCUT2D eigenvalue weighted by atomic mass is 10.2. The average Bonchev–Trinajstić information content (AvgIpc) is 2.22. The monoisotopic (exact) mass is 231 g/mol. The van der Waals surface area contributed by atoms with E-state index in [0.717, 1.165) is 0 Å². The van der Waals surface area contributed by atoms with Crippen LogP contribution in [0.4, 0.5) is 4.39 Å². The van der Waals surface area contributed by atoms with E-state index in [1.165, 1.54) is 6.07 Å². The van der Waals surface area contributed by atoms with E-state index in [1.54, 1.807) is 19.2 Å². The van der Waals surface area contributed by atoms with Gasteiger partial charge in [0.1, 0.15) is 5.82 Å². The standard InChI is InChI=1S/C11H15ClFNO/c1-8(15-2)6-14-7-9-10(12)4-3-5-11(9)13/h3-5,8,14H,6-7H2,1-2H3. The zero-order chi connectivity index (χ0) is 11.3. The number of rotatable bonds is 5. The Bertz CT molecular complexity index is 299. The SMILES string of the molecule is COC(C)CNCc1c(F)cccc1Cl. The van der Waals surface area contributed by atoms with Crippen molar-refractivity contribution in [3.05, 3.63) is 34.6 Å². The highest BCUT2D eigenvalue weighted by Gasteiger charge is 2.06. The van der Waals surface area contributed by atoms with Crippen LogP contribution in [0.5, 0.6) is 0 Å². The summed E-state index contributed by atoms with van der Waals surface area (Å²) in [5, 5.41) is 3.54. The zero-order valence-electron chi connectivity index (χ0n) is 8.89. The van der Waals surface area contributed by atoms with Gasteiger partial charge < -0.3 is 10.1 Å². The lowest BCUT2D eigenvalue weighted by Gasteiger charge is -2.11. The van der Waals surface area contributed by atoms with E-state index in [2.05, 4.69) is 5.32 Å². The Morgan fingerprint density at radius 3 is 2.87 bits per heavy atom. The van der Waals surface area contributed by atoms with Crippen molar-refractivity contribution in [3.63, 3.8) is 0 Å². The molecule has 0 aliphatic rings. The number of nitrogens with one attached hydrogen (secondary N) is 1. The molecule has 0 saturated carbocycles. The summed E-state index contributed by atoms with van der Waals surface area (Å²) in [7, 11) is 1.64. The summed E-state index contributed by atoms with van der Waals surface area (Å²) in [6.45, 7) is 3.02. The Kier molecular flexibility index (Phi) is 5.02.